The fourth-order valence-electron chi connectivity index (χ4n) is 1.27. The van der Waals surface area contributed by atoms with E-state index in [0.29, 0.717) is 23.8 Å². The minimum absolute atomic E-state index is 0.136. The van der Waals surface area contributed by atoms with Gasteiger partial charge < -0.3 is 10.1 Å². The Morgan fingerprint density at radius 3 is 3.00 bits per heavy atom. The van der Waals surface area contributed by atoms with Crippen molar-refractivity contribution in [1.29, 1.82) is 0 Å². The van der Waals surface area contributed by atoms with Crippen LogP contribution >= 0.6 is 11.3 Å². The summed E-state index contributed by atoms with van der Waals surface area (Å²) in [6, 6.07) is 0. The molecule has 1 rings (SSSR count). The lowest BCUT2D eigenvalue weighted by atomic mass is 10.3. The molecule has 7 heteroatoms. The number of aromatic nitrogens is 1. The van der Waals surface area contributed by atoms with Crippen molar-refractivity contribution in [3.8, 4) is 0 Å². The molecule has 0 fully saturated rings. The number of hydrogen-bond acceptors (Lipinski definition) is 6. The van der Waals surface area contributed by atoms with Crippen molar-refractivity contribution in [2.75, 3.05) is 24.7 Å². The summed E-state index contributed by atoms with van der Waals surface area (Å²) in [5, 5.41) is 3.99. The van der Waals surface area contributed by atoms with Crippen molar-refractivity contribution in [3.05, 3.63) is 11.2 Å². The van der Waals surface area contributed by atoms with Gasteiger partial charge in [0.05, 0.1) is 12.1 Å². The van der Waals surface area contributed by atoms with E-state index in [4.69, 9.17) is 4.74 Å². The molecule has 1 heterocycles. The Hall–Kier alpha value is -0.950. The number of hydrogen-bond donors (Lipinski definition) is 1. The smallest absolute Gasteiger partial charge is 0.360 e. The SMILES string of the molecule is CCOC(=O)c1ncsc1NCCC(C)S(C)=O. The van der Waals surface area contributed by atoms with Crippen LogP contribution in [0, 0.1) is 0 Å². The third kappa shape index (κ3) is 4.38. The molecule has 0 saturated heterocycles. The maximum Gasteiger partial charge on any atom is 0.360 e. The summed E-state index contributed by atoms with van der Waals surface area (Å²) in [5.41, 5.74) is 1.93. The maximum absolute atomic E-state index is 11.6. The lowest BCUT2D eigenvalue weighted by molar-refractivity contribution is 0.0521. The summed E-state index contributed by atoms with van der Waals surface area (Å²) in [6.07, 6.45) is 2.48. The highest BCUT2D eigenvalue weighted by Gasteiger charge is 2.16. The van der Waals surface area contributed by atoms with E-state index in [2.05, 4.69) is 10.3 Å². The average Bonchev–Trinajstić information content (AvgIpc) is 2.77. The van der Waals surface area contributed by atoms with Crippen molar-refractivity contribution in [2.24, 2.45) is 0 Å². The lowest BCUT2D eigenvalue weighted by Crippen LogP contribution is -2.16. The minimum atomic E-state index is -0.820. The summed E-state index contributed by atoms with van der Waals surface area (Å²) in [4.78, 5) is 15.6. The molecule has 2 atom stereocenters. The van der Waals surface area contributed by atoms with Crippen molar-refractivity contribution in [2.45, 2.75) is 25.5 Å². The highest BCUT2D eigenvalue weighted by molar-refractivity contribution is 7.84. The number of carbonyl (C=O) groups is 1. The van der Waals surface area contributed by atoms with Gasteiger partial charge in [-0.25, -0.2) is 9.78 Å². The number of nitrogens with zero attached hydrogens (tertiary/aromatic N) is 1. The van der Waals surface area contributed by atoms with Gasteiger partial charge >= 0.3 is 5.97 Å². The Balaban J connectivity index is 2.50. The van der Waals surface area contributed by atoms with E-state index in [-0.39, 0.29) is 5.25 Å². The standard InChI is InChI=1S/C11H18N2O3S2/c1-4-16-11(14)9-10(17-7-13-9)12-6-5-8(2)18(3)15/h7-8,12H,4-6H2,1-3H3. The highest BCUT2D eigenvalue weighted by Crippen LogP contribution is 2.21. The molecular weight excluding hydrogens is 272 g/mol. The van der Waals surface area contributed by atoms with E-state index in [1.54, 1.807) is 18.7 Å². The van der Waals surface area contributed by atoms with Gasteiger partial charge in [0.15, 0.2) is 5.69 Å². The third-order valence-corrected chi connectivity index (χ3v) is 4.59. The van der Waals surface area contributed by atoms with Gasteiger partial charge in [0.2, 0.25) is 0 Å². The highest BCUT2D eigenvalue weighted by atomic mass is 32.2. The zero-order valence-electron chi connectivity index (χ0n) is 10.8. The first-order valence-corrected chi connectivity index (χ1v) is 8.23. The molecule has 0 aliphatic heterocycles. The molecule has 2 unspecified atom stereocenters. The van der Waals surface area contributed by atoms with Crippen LogP contribution in [0.4, 0.5) is 5.00 Å². The van der Waals surface area contributed by atoms with Crippen LogP contribution in [0.2, 0.25) is 0 Å². The second kappa shape index (κ2) is 7.48. The van der Waals surface area contributed by atoms with Crippen molar-refractivity contribution < 1.29 is 13.7 Å². The van der Waals surface area contributed by atoms with Gasteiger partial charge in [0.25, 0.3) is 0 Å². The largest absolute Gasteiger partial charge is 0.461 e. The Labute approximate surface area is 113 Å². The normalized spacial score (nSPS) is 13.9. The van der Waals surface area contributed by atoms with Crippen molar-refractivity contribution in [3.63, 3.8) is 0 Å². The van der Waals surface area contributed by atoms with Gasteiger partial charge in [-0.15, -0.1) is 11.3 Å². The first-order valence-electron chi connectivity index (χ1n) is 5.73. The van der Waals surface area contributed by atoms with Gasteiger partial charge in [-0.2, -0.15) is 0 Å². The second-order valence-electron chi connectivity index (χ2n) is 3.78. The zero-order chi connectivity index (χ0) is 13.5. The van der Waals surface area contributed by atoms with E-state index in [1.165, 1.54) is 11.3 Å². The lowest BCUT2D eigenvalue weighted by Gasteiger charge is -2.09. The number of esters is 1. The molecule has 0 aliphatic carbocycles. The number of rotatable bonds is 7. The number of nitrogens with one attached hydrogen (secondary N) is 1. The molecule has 0 aliphatic rings. The number of thiazole rings is 1. The van der Waals surface area contributed by atoms with Crippen LogP contribution in [0.3, 0.4) is 0 Å². The van der Waals surface area contributed by atoms with Crippen LogP contribution < -0.4 is 5.32 Å². The van der Waals surface area contributed by atoms with Crippen LogP contribution in [0.5, 0.6) is 0 Å². The second-order valence-corrected chi connectivity index (χ2v) is 6.43. The van der Waals surface area contributed by atoms with E-state index in [0.717, 1.165) is 6.42 Å². The summed E-state index contributed by atoms with van der Waals surface area (Å²) in [7, 11) is -0.820. The molecule has 102 valence electrons. The zero-order valence-corrected chi connectivity index (χ0v) is 12.4. The van der Waals surface area contributed by atoms with Crippen molar-refractivity contribution in [1.82, 2.24) is 4.98 Å². The predicted octanol–water partition coefficient (Wildman–Crippen LogP) is 1.89. The van der Waals surface area contributed by atoms with E-state index in [1.807, 2.05) is 6.92 Å². The molecule has 0 spiro atoms. The summed E-state index contributed by atoms with van der Waals surface area (Å²) in [6.45, 7) is 4.70. The summed E-state index contributed by atoms with van der Waals surface area (Å²) >= 11 is 1.36. The van der Waals surface area contributed by atoms with Crippen LogP contribution in [0.25, 0.3) is 0 Å². The third-order valence-electron chi connectivity index (χ3n) is 2.44. The molecule has 1 N–H and O–H groups in total. The Morgan fingerprint density at radius 2 is 2.39 bits per heavy atom. The van der Waals surface area contributed by atoms with Crippen LogP contribution in [0.15, 0.2) is 5.51 Å². The predicted molar refractivity (Wildman–Crippen MR) is 74.7 cm³/mol. The Morgan fingerprint density at radius 1 is 1.67 bits per heavy atom. The summed E-state index contributed by atoms with van der Waals surface area (Å²) in [5.74, 6) is -0.409. The average molecular weight is 290 g/mol. The monoisotopic (exact) mass is 290 g/mol. The van der Waals surface area contributed by atoms with Gasteiger partial charge in [-0.3, -0.25) is 4.21 Å². The van der Waals surface area contributed by atoms with Gasteiger partial charge in [0, 0.05) is 28.9 Å². The van der Waals surface area contributed by atoms with Crippen molar-refractivity contribution >= 4 is 33.1 Å². The quantitative estimate of drug-likeness (QED) is 0.777. The fraction of sp³-hybridized carbons (Fsp3) is 0.636. The molecule has 0 bridgehead atoms. The first-order chi connectivity index (χ1) is 8.56. The number of ether oxygens (including phenoxy) is 1. The number of carbonyl (C=O) groups excluding carboxylic acids is 1. The fourth-order valence-corrected chi connectivity index (χ4v) is 2.42. The molecule has 5 nitrogen and oxygen atoms in total. The Kier molecular flexibility index (Phi) is 6.28. The maximum atomic E-state index is 11.6. The first kappa shape index (κ1) is 15.1. The topological polar surface area (TPSA) is 68.3 Å². The molecule has 0 radical (unpaired) electrons. The van der Waals surface area contributed by atoms with E-state index in [9.17, 15) is 9.00 Å². The van der Waals surface area contributed by atoms with E-state index >= 15 is 0 Å². The minimum Gasteiger partial charge on any atom is -0.461 e. The Bertz CT molecular complexity index is 420. The molecule has 1 aromatic heterocycles. The van der Waals surface area contributed by atoms with Gasteiger partial charge in [-0.05, 0) is 13.3 Å². The van der Waals surface area contributed by atoms with Crippen LogP contribution in [0.1, 0.15) is 30.8 Å². The van der Waals surface area contributed by atoms with Crippen LogP contribution in [-0.2, 0) is 15.5 Å². The molecule has 0 aromatic carbocycles. The molecular formula is C11H18N2O3S2. The van der Waals surface area contributed by atoms with Gasteiger partial charge in [-0.1, -0.05) is 6.92 Å². The molecule has 1 aromatic rings. The van der Waals surface area contributed by atoms with Gasteiger partial charge in [0.1, 0.15) is 5.00 Å². The number of anilines is 1. The van der Waals surface area contributed by atoms with Crippen LogP contribution in [-0.4, -0.2) is 39.8 Å². The summed E-state index contributed by atoms with van der Waals surface area (Å²) < 4.78 is 16.1. The molecule has 18 heavy (non-hydrogen) atoms. The molecule has 0 amide bonds. The molecule has 0 saturated carbocycles. The van der Waals surface area contributed by atoms with E-state index < -0.39 is 16.8 Å².